The van der Waals surface area contributed by atoms with Gasteiger partial charge in [0.25, 0.3) is 0 Å². The summed E-state index contributed by atoms with van der Waals surface area (Å²) < 4.78 is 30.2. The van der Waals surface area contributed by atoms with E-state index < -0.39 is 34.6 Å². The van der Waals surface area contributed by atoms with Crippen molar-refractivity contribution in [3.05, 3.63) is 76.5 Å². The van der Waals surface area contributed by atoms with Gasteiger partial charge in [0.2, 0.25) is 5.78 Å². The third-order valence-corrected chi connectivity index (χ3v) is 6.42. The third-order valence-electron chi connectivity index (χ3n) is 6.42. The Morgan fingerprint density at radius 2 is 1.82 bits per heavy atom. The van der Waals surface area contributed by atoms with Crippen LogP contribution in [-0.2, 0) is 21.5 Å². The number of nitriles is 1. The highest BCUT2D eigenvalue weighted by Crippen LogP contribution is 2.49. The van der Waals surface area contributed by atoms with Crippen molar-refractivity contribution in [3.63, 3.8) is 0 Å². The Hall–Kier alpha value is -4.83. The minimum Gasteiger partial charge on any atom is -0.404 e. The fourth-order valence-corrected chi connectivity index (χ4v) is 3.94. The van der Waals surface area contributed by atoms with E-state index in [2.05, 4.69) is 27.5 Å². The molecule has 0 radical (unpaired) electrons. The van der Waals surface area contributed by atoms with E-state index in [4.69, 9.17) is 11.0 Å². The fraction of sp³-hybridized carbons (Fsp3) is 0.276. The summed E-state index contributed by atoms with van der Waals surface area (Å²) in [5.74, 6) is 1.61. The lowest BCUT2D eigenvalue weighted by atomic mass is 9.91. The number of hydrogen-bond donors (Lipinski definition) is 3. The van der Waals surface area contributed by atoms with Gasteiger partial charge in [-0.1, -0.05) is 30.2 Å². The predicted octanol–water partition coefficient (Wildman–Crippen LogP) is 2.67. The molecule has 2 aromatic carbocycles. The first-order valence-electron chi connectivity index (χ1n) is 12.3. The van der Waals surface area contributed by atoms with Gasteiger partial charge in [0.1, 0.15) is 18.2 Å². The Morgan fingerprint density at radius 3 is 2.49 bits per heavy atom. The van der Waals surface area contributed by atoms with Crippen LogP contribution in [0.15, 0.2) is 47.6 Å². The number of nitrogens with zero attached hydrogens (tertiary/aromatic N) is 2. The fourth-order valence-electron chi connectivity index (χ4n) is 3.94. The van der Waals surface area contributed by atoms with Gasteiger partial charge in [0, 0.05) is 41.2 Å². The van der Waals surface area contributed by atoms with Crippen molar-refractivity contribution in [2.75, 3.05) is 6.54 Å². The lowest BCUT2D eigenvalue weighted by Gasteiger charge is -2.14. The van der Waals surface area contributed by atoms with E-state index in [1.54, 1.807) is 24.3 Å². The van der Waals surface area contributed by atoms with Gasteiger partial charge >= 0.3 is 11.8 Å². The highest BCUT2D eigenvalue weighted by atomic mass is 19.1. The van der Waals surface area contributed by atoms with Crippen molar-refractivity contribution in [2.45, 2.75) is 43.7 Å². The molecule has 2 saturated carbocycles. The van der Waals surface area contributed by atoms with E-state index in [0.717, 1.165) is 25.0 Å². The number of Topliss-reactive ketones (excluding diaryl/α,β-unsaturated/α-hetero) is 1. The smallest absolute Gasteiger partial charge is 0.310 e. The van der Waals surface area contributed by atoms with Crippen LogP contribution < -0.4 is 16.4 Å². The van der Waals surface area contributed by atoms with E-state index in [-0.39, 0.29) is 41.4 Å². The minimum absolute atomic E-state index is 0.0174. The first-order chi connectivity index (χ1) is 18.8. The molecule has 4 rings (SSSR count). The molecule has 2 fully saturated rings. The van der Waals surface area contributed by atoms with E-state index in [1.807, 2.05) is 0 Å². The van der Waals surface area contributed by atoms with Gasteiger partial charge in [-0.3, -0.25) is 19.4 Å². The van der Waals surface area contributed by atoms with Gasteiger partial charge in [-0.05, 0) is 49.3 Å². The molecule has 0 bridgehead atoms. The summed E-state index contributed by atoms with van der Waals surface area (Å²) in [5.41, 5.74) is 5.58. The van der Waals surface area contributed by atoms with Crippen LogP contribution in [0.1, 0.15) is 52.7 Å². The molecule has 0 heterocycles. The Balaban J connectivity index is 1.54. The molecule has 4 N–H and O–H groups in total. The minimum atomic E-state index is -1.02. The Bertz CT molecular complexity index is 1490. The Labute approximate surface area is 224 Å². The Morgan fingerprint density at radius 1 is 1.10 bits per heavy atom. The molecule has 198 valence electrons. The maximum absolute atomic E-state index is 15.6. The first-order valence-corrected chi connectivity index (χ1v) is 12.3. The van der Waals surface area contributed by atoms with E-state index in [1.165, 1.54) is 18.5 Å². The van der Waals surface area contributed by atoms with E-state index >= 15 is 4.39 Å². The zero-order chi connectivity index (χ0) is 28.0. The third kappa shape index (κ3) is 6.55. The van der Waals surface area contributed by atoms with Crippen LogP contribution in [0.25, 0.3) is 5.57 Å². The molecule has 8 nitrogen and oxygen atoms in total. The van der Waals surface area contributed by atoms with Crippen LogP contribution >= 0.6 is 0 Å². The molecule has 0 aliphatic heterocycles. The van der Waals surface area contributed by atoms with Crippen molar-refractivity contribution >= 4 is 29.4 Å². The van der Waals surface area contributed by atoms with Gasteiger partial charge in [0.05, 0.1) is 17.5 Å². The lowest BCUT2D eigenvalue weighted by molar-refractivity contribution is -0.139. The molecule has 2 aliphatic carbocycles. The zero-order valence-electron chi connectivity index (χ0n) is 20.9. The van der Waals surface area contributed by atoms with Crippen LogP contribution in [0.5, 0.6) is 0 Å². The number of hydrogen-bond acceptors (Lipinski definition) is 6. The molecule has 0 spiro atoms. The number of allylic oxidation sites excluding steroid dienone is 1. The van der Waals surface area contributed by atoms with Crippen molar-refractivity contribution < 1.29 is 23.2 Å². The summed E-state index contributed by atoms with van der Waals surface area (Å²) in [4.78, 5) is 40.9. The second-order valence-corrected chi connectivity index (χ2v) is 9.29. The van der Waals surface area contributed by atoms with Crippen LogP contribution in [0.2, 0.25) is 0 Å². The van der Waals surface area contributed by atoms with Crippen molar-refractivity contribution in [1.29, 1.82) is 5.26 Å². The maximum atomic E-state index is 15.6. The molecule has 10 heteroatoms. The summed E-state index contributed by atoms with van der Waals surface area (Å²) in [6.45, 7) is -0.448. The second kappa shape index (κ2) is 11.7. The van der Waals surface area contributed by atoms with Crippen LogP contribution in [0, 0.1) is 34.8 Å². The molecule has 2 aliphatic rings. The number of rotatable bonds is 8. The van der Waals surface area contributed by atoms with Crippen molar-refractivity contribution in [3.8, 4) is 17.9 Å². The number of ketones is 1. The second-order valence-electron chi connectivity index (χ2n) is 9.29. The number of aliphatic imine (C=N–C) groups is 1. The average molecular weight is 530 g/mol. The normalized spacial score (nSPS) is 15.6. The van der Waals surface area contributed by atoms with E-state index in [0.29, 0.717) is 18.4 Å². The molecule has 0 atom stereocenters. The van der Waals surface area contributed by atoms with Crippen LogP contribution in [0.3, 0.4) is 0 Å². The maximum Gasteiger partial charge on any atom is 0.310 e. The summed E-state index contributed by atoms with van der Waals surface area (Å²) >= 11 is 0. The van der Waals surface area contributed by atoms with E-state index in [9.17, 15) is 18.8 Å². The highest BCUT2D eigenvalue weighted by Gasteiger charge is 2.46. The number of nitrogens with one attached hydrogen (secondary N) is 2. The summed E-state index contributed by atoms with van der Waals surface area (Å²) in [7, 11) is 0. The molecule has 39 heavy (non-hydrogen) atoms. The standard InChI is InChI=1S/C29H25F2N5O3/c30-20-13-23(19(15-33)17-35-21-5-6-21)26(31)24(14-20)29(9-10-29)8-7-25(37)22-4-2-1-3-18(22)16-36-28(39)27(38)34-12-11-32/h1-4,13-15,17,21H,5-6,9-10,12,16,33H2,(H,34,38)(H,36,39). The van der Waals surface area contributed by atoms with Gasteiger partial charge < -0.3 is 16.4 Å². The molecule has 2 amide bonds. The summed E-state index contributed by atoms with van der Waals surface area (Å²) in [6, 6.07) is 10.4. The van der Waals surface area contributed by atoms with Crippen molar-refractivity contribution in [2.24, 2.45) is 10.7 Å². The largest absolute Gasteiger partial charge is 0.404 e. The summed E-state index contributed by atoms with van der Waals surface area (Å²) in [6.07, 6.45) is 5.43. The van der Waals surface area contributed by atoms with Crippen LogP contribution in [-0.4, -0.2) is 36.4 Å². The SMILES string of the molecule is N#CCNC(=O)C(=O)NCc1ccccc1C(=O)C#CC1(c2cc(F)cc(C(C=NC3CC3)=CN)c2F)CC1. The summed E-state index contributed by atoms with van der Waals surface area (Å²) in [5, 5.41) is 13.0. The highest BCUT2D eigenvalue weighted by molar-refractivity contribution is 6.35. The molecular weight excluding hydrogens is 504 g/mol. The average Bonchev–Trinajstić information content (AvgIpc) is 3.87. The Kier molecular flexibility index (Phi) is 8.16. The number of carbonyl (C=O) groups excluding carboxylic acids is 3. The van der Waals surface area contributed by atoms with Gasteiger partial charge in [0.15, 0.2) is 0 Å². The quantitative estimate of drug-likeness (QED) is 0.121. The number of nitrogens with two attached hydrogens (primary N) is 1. The molecule has 0 unspecified atom stereocenters. The molecule has 0 saturated heterocycles. The number of amides is 2. The zero-order valence-corrected chi connectivity index (χ0v) is 20.9. The van der Waals surface area contributed by atoms with Gasteiger partial charge in [-0.25, -0.2) is 8.78 Å². The molecular formula is C29H25F2N5O3. The number of benzene rings is 2. The topological polar surface area (TPSA) is 137 Å². The molecule has 0 aromatic heterocycles. The number of carbonyl (C=O) groups is 3. The van der Waals surface area contributed by atoms with Crippen LogP contribution in [0.4, 0.5) is 8.78 Å². The van der Waals surface area contributed by atoms with Gasteiger partial charge in [-0.15, -0.1) is 0 Å². The monoisotopic (exact) mass is 529 g/mol. The number of halogens is 2. The first kappa shape index (κ1) is 27.2. The molecule has 2 aromatic rings. The predicted molar refractivity (Wildman–Crippen MR) is 140 cm³/mol. The lowest BCUT2D eigenvalue weighted by Crippen LogP contribution is -2.39. The van der Waals surface area contributed by atoms with Crippen molar-refractivity contribution in [1.82, 2.24) is 10.6 Å². The van der Waals surface area contributed by atoms with Gasteiger partial charge in [-0.2, -0.15) is 5.26 Å².